The van der Waals surface area contributed by atoms with E-state index >= 15 is 0 Å². The van der Waals surface area contributed by atoms with E-state index in [9.17, 15) is 4.79 Å². The topological polar surface area (TPSA) is 34.9 Å². The Balaban J connectivity index is 2.50. The lowest BCUT2D eigenvalue weighted by molar-refractivity contribution is 0.101. The zero-order valence-electron chi connectivity index (χ0n) is 9.69. The summed E-state index contributed by atoms with van der Waals surface area (Å²) < 4.78 is 1.75. The normalized spacial score (nSPS) is 10.4. The van der Waals surface area contributed by atoms with Crippen molar-refractivity contribution in [2.24, 2.45) is 0 Å². The van der Waals surface area contributed by atoms with E-state index < -0.39 is 0 Å². The van der Waals surface area contributed by atoms with Crippen molar-refractivity contribution < 1.29 is 4.79 Å². The van der Waals surface area contributed by atoms with Crippen LogP contribution in [0.4, 0.5) is 0 Å². The molecule has 0 amide bonds. The predicted octanol–water partition coefficient (Wildman–Crippen LogP) is 2.69. The highest BCUT2D eigenvalue weighted by atomic mass is 16.1. The zero-order chi connectivity index (χ0) is 11.7. The smallest absolute Gasteiger partial charge is 0.162 e. The van der Waals surface area contributed by atoms with Crippen molar-refractivity contribution >= 4 is 5.78 Å². The molecule has 1 heterocycles. The van der Waals surface area contributed by atoms with Gasteiger partial charge in [-0.1, -0.05) is 12.1 Å². The molecule has 1 aromatic carbocycles. The highest BCUT2D eigenvalue weighted by molar-refractivity contribution is 5.93. The third kappa shape index (κ3) is 1.76. The lowest BCUT2D eigenvalue weighted by Crippen LogP contribution is -1.98. The van der Waals surface area contributed by atoms with Crippen molar-refractivity contribution in [3.63, 3.8) is 0 Å². The minimum Gasteiger partial charge on any atom is -0.294 e. The first kappa shape index (κ1) is 10.6. The molecule has 0 fully saturated rings. The van der Waals surface area contributed by atoms with E-state index in [0.29, 0.717) is 5.56 Å². The standard InChI is InChI=1S/C13H14N2O/c1-9-5-4-6-13(10(9)2)15-8-12(7-14-15)11(3)16/h4-8H,1-3H3. The maximum Gasteiger partial charge on any atom is 0.162 e. The van der Waals surface area contributed by atoms with Crippen LogP contribution in [0.2, 0.25) is 0 Å². The van der Waals surface area contributed by atoms with Crippen molar-refractivity contribution in [1.29, 1.82) is 0 Å². The Morgan fingerprint density at radius 1 is 1.31 bits per heavy atom. The van der Waals surface area contributed by atoms with E-state index in [4.69, 9.17) is 0 Å². The third-order valence-electron chi connectivity index (χ3n) is 2.81. The summed E-state index contributed by atoms with van der Waals surface area (Å²) in [5.74, 6) is 0.0385. The summed E-state index contributed by atoms with van der Waals surface area (Å²) >= 11 is 0. The quantitative estimate of drug-likeness (QED) is 0.720. The molecule has 0 N–H and O–H groups in total. The number of carbonyl (C=O) groups excluding carboxylic acids is 1. The largest absolute Gasteiger partial charge is 0.294 e. The molecule has 0 aliphatic heterocycles. The Bertz CT molecular complexity index is 541. The van der Waals surface area contributed by atoms with Crippen LogP contribution in [0.3, 0.4) is 0 Å². The SMILES string of the molecule is CC(=O)c1cnn(-c2cccc(C)c2C)c1. The number of carbonyl (C=O) groups is 1. The summed E-state index contributed by atoms with van der Waals surface area (Å²) in [6, 6.07) is 6.06. The van der Waals surface area contributed by atoms with Crippen LogP contribution < -0.4 is 0 Å². The Morgan fingerprint density at radius 3 is 2.69 bits per heavy atom. The first-order chi connectivity index (χ1) is 7.59. The fourth-order valence-electron chi connectivity index (χ4n) is 1.62. The Hall–Kier alpha value is -1.90. The van der Waals surface area contributed by atoms with Crippen LogP contribution in [0.25, 0.3) is 5.69 Å². The third-order valence-corrected chi connectivity index (χ3v) is 2.81. The molecule has 2 aromatic rings. The van der Waals surface area contributed by atoms with E-state index in [1.807, 2.05) is 12.1 Å². The van der Waals surface area contributed by atoms with Gasteiger partial charge in [0.25, 0.3) is 0 Å². The Labute approximate surface area is 94.7 Å². The van der Waals surface area contributed by atoms with Crippen LogP contribution in [-0.2, 0) is 0 Å². The lowest BCUT2D eigenvalue weighted by Gasteiger charge is -2.07. The molecular weight excluding hydrogens is 200 g/mol. The van der Waals surface area contributed by atoms with Crippen molar-refractivity contribution in [2.75, 3.05) is 0 Å². The summed E-state index contributed by atoms with van der Waals surface area (Å²) in [5, 5.41) is 4.21. The van der Waals surface area contributed by atoms with Gasteiger partial charge in [-0.15, -0.1) is 0 Å². The molecule has 0 atom stereocenters. The van der Waals surface area contributed by atoms with Gasteiger partial charge in [0.05, 0.1) is 17.4 Å². The van der Waals surface area contributed by atoms with E-state index in [2.05, 4.69) is 25.0 Å². The minimum atomic E-state index is 0.0385. The van der Waals surface area contributed by atoms with Gasteiger partial charge in [-0.25, -0.2) is 4.68 Å². The molecule has 0 unspecified atom stereocenters. The van der Waals surface area contributed by atoms with E-state index in [-0.39, 0.29) is 5.78 Å². The van der Waals surface area contributed by atoms with Gasteiger partial charge in [0, 0.05) is 6.20 Å². The van der Waals surface area contributed by atoms with Gasteiger partial charge >= 0.3 is 0 Å². The van der Waals surface area contributed by atoms with E-state index in [1.54, 1.807) is 24.0 Å². The molecule has 1 aromatic heterocycles. The molecule has 3 nitrogen and oxygen atoms in total. The average Bonchev–Trinajstić information content (AvgIpc) is 2.71. The van der Waals surface area contributed by atoms with Crippen molar-refractivity contribution in [3.05, 3.63) is 47.3 Å². The van der Waals surface area contributed by atoms with Crippen LogP contribution in [-0.4, -0.2) is 15.6 Å². The molecule has 82 valence electrons. The molecule has 0 radical (unpaired) electrons. The maximum absolute atomic E-state index is 11.2. The van der Waals surface area contributed by atoms with Gasteiger partial charge in [0.15, 0.2) is 5.78 Å². The Morgan fingerprint density at radius 2 is 2.06 bits per heavy atom. The fourth-order valence-corrected chi connectivity index (χ4v) is 1.62. The first-order valence-corrected chi connectivity index (χ1v) is 5.22. The van der Waals surface area contributed by atoms with Crippen LogP contribution >= 0.6 is 0 Å². The number of hydrogen-bond acceptors (Lipinski definition) is 2. The molecule has 0 aliphatic carbocycles. The summed E-state index contributed by atoms with van der Waals surface area (Å²) in [6.07, 6.45) is 3.37. The Kier molecular flexibility index (Phi) is 2.60. The number of Topliss-reactive ketones (excluding diaryl/α,β-unsaturated/α-hetero) is 1. The number of nitrogens with zero attached hydrogens (tertiary/aromatic N) is 2. The predicted molar refractivity (Wildman–Crippen MR) is 63.0 cm³/mol. The molecule has 0 saturated heterocycles. The summed E-state index contributed by atoms with van der Waals surface area (Å²) in [7, 11) is 0. The van der Waals surface area contributed by atoms with Gasteiger partial charge < -0.3 is 0 Å². The monoisotopic (exact) mass is 214 g/mol. The molecule has 0 saturated carbocycles. The maximum atomic E-state index is 11.2. The molecular formula is C13H14N2O. The highest BCUT2D eigenvalue weighted by Crippen LogP contribution is 2.17. The fraction of sp³-hybridized carbons (Fsp3) is 0.231. The van der Waals surface area contributed by atoms with Crippen LogP contribution in [0.1, 0.15) is 28.4 Å². The second kappa shape index (κ2) is 3.93. The molecule has 0 bridgehead atoms. The van der Waals surface area contributed by atoms with Crippen molar-refractivity contribution in [2.45, 2.75) is 20.8 Å². The summed E-state index contributed by atoms with van der Waals surface area (Å²) in [6.45, 7) is 5.67. The van der Waals surface area contributed by atoms with Crippen LogP contribution in [0, 0.1) is 13.8 Å². The molecule has 0 aliphatic rings. The molecule has 2 rings (SSSR count). The van der Waals surface area contributed by atoms with E-state index in [1.165, 1.54) is 11.1 Å². The van der Waals surface area contributed by atoms with Crippen molar-refractivity contribution in [3.8, 4) is 5.69 Å². The minimum absolute atomic E-state index is 0.0385. The number of ketones is 1. The van der Waals surface area contributed by atoms with Crippen LogP contribution in [0.5, 0.6) is 0 Å². The number of rotatable bonds is 2. The molecule has 0 spiro atoms. The molecule has 3 heteroatoms. The van der Waals surface area contributed by atoms with Crippen molar-refractivity contribution in [1.82, 2.24) is 9.78 Å². The lowest BCUT2D eigenvalue weighted by atomic mass is 10.1. The second-order valence-electron chi connectivity index (χ2n) is 3.95. The van der Waals surface area contributed by atoms with Gasteiger partial charge in [-0.05, 0) is 38.0 Å². The average molecular weight is 214 g/mol. The van der Waals surface area contributed by atoms with Gasteiger partial charge in [0.1, 0.15) is 0 Å². The zero-order valence-corrected chi connectivity index (χ0v) is 9.69. The highest BCUT2D eigenvalue weighted by Gasteiger charge is 2.07. The van der Waals surface area contributed by atoms with Gasteiger partial charge in [-0.3, -0.25) is 4.79 Å². The van der Waals surface area contributed by atoms with Gasteiger partial charge in [-0.2, -0.15) is 5.10 Å². The van der Waals surface area contributed by atoms with E-state index in [0.717, 1.165) is 5.69 Å². The number of hydrogen-bond donors (Lipinski definition) is 0. The first-order valence-electron chi connectivity index (χ1n) is 5.22. The summed E-state index contributed by atoms with van der Waals surface area (Å²) in [5.41, 5.74) is 4.06. The number of aromatic nitrogens is 2. The molecule has 16 heavy (non-hydrogen) atoms. The summed E-state index contributed by atoms with van der Waals surface area (Å²) in [4.78, 5) is 11.2. The second-order valence-corrected chi connectivity index (χ2v) is 3.95. The number of benzene rings is 1. The van der Waals surface area contributed by atoms with Crippen LogP contribution in [0.15, 0.2) is 30.6 Å². The van der Waals surface area contributed by atoms with Gasteiger partial charge in [0.2, 0.25) is 0 Å². The number of aryl methyl sites for hydroxylation is 1.